The summed E-state index contributed by atoms with van der Waals surface area (Å²) in [4.78, 5) is 7.75. The SMILES string of the molecule is CC(C)Cc1nc2c(N)cccc2[nH]1. The minimum atomic E-state index is 0.608. The van der Waals surface area contributed by atoms with Crippen LogP contribution in [0, 0.1) is 5.92 Å². The van der Waals surface area contributed by atoms with Crippen LogP contribution in [0.2, 0.25) is 0 Å². The van der Waals surface area contributed by atoms with Crippen LogP contribution < -0.4 is 5.73 Å². The predicted molar refractivity (Wildman–Crippen MR) is 59.0 cm³/mol. The Kier molecular flexibility index (Phi) is 2.15. The van der Waals surface area contributed by atoms with E-state index in [9.17, 15) is 0 Å². The Morgan fingerprint density at radius 1 is 1.43 bits per heavy atom. The molecule has 0 fully saturated rings. The molecule has 0 saturated carbocycles. The molecule has 1 aromatic carbocycles. The Hall–Kier alpha value is -1.51. The van der Waals surface area contributed by atoms with Crippen molar-refractivity contribution in [2.45, 2.75) is 20.3 Å². The quantitative estimate of drug-likeness (QED) is 0.712. The zero-order chi connectivity index (χ0) is 10.1. The zero-order valence-electron chi connectivity index (χ0n) is 8.54. The van der Waals surface area contributed by atoms with Crippen molar-refractivity contribution in [1.29, 1.82) is 0 Å². The number of nitrogen functional groups attached to an aromatic ring is 1. The first-order valence-electron chi connectivity index (χ1n) is 4.90. The number of imidazole rings is 1. The summed E-state index contributed by atoms with van der Waals surface area (Å²) in [7, 11) is 0. The number of aromatic nitrogens is 2. The van der Waals surface area contributed by atoms with Gasteiger partial charge in [0.15, 0.2) is 0 Å². The molecule has 0 spiro atoms. The van der Waals surface area contributed by atoms with E-state index in [2.05, 4.69) is 23.8 Å². The van der Waals surface area contributed by atoms with Gasteiger partial charge < -0.3 is 10.7 Å². The predicted octanol–water partition coefficient (Wildman–Crippen LogP) is 2.34. The van der Waals surface area contributed by atoms with E-state index in [1.807, 2.05) is 18.2 Å². The molecule has 0 atom stereocenters. The second-order valence-electron chi connectivity index (χ2n) is 4.02. The highest BCUT2D eigenvalue weighted by atomic mass is 14.9. The Morgan fingerprint density at radius 2 is 2.21 bits per heavy atom. The van der Waals surface area contributed by atoms with Crippen molar-refractivity contribution in [2.75, 3.05) is 5.73 Å². The number of aromatic amines is 1. The smallest absolute Gasteiger partial charge is 0.111 e. The molecule has 0 bridgehead atoms. The normalized spacial score (nSPS) is 11.4. The minimum absolute atomic E-state index is 0.608. The lowest BCUT2D eigenvalue weighted by Crippen LogP contribution is -1.95. The van der Waals surface area contributed by atoms with Gasteiger partial charge in [0.05, 0.1) is 11.2 Å². The number of fused-ring (bicyclic) bond motifs is 1. The number of rotatable bonds is 2. The van der Waals surface area contributed by atoms with E-state index in [-0.39, 0.29) is 0 Å². The third kappa shape index (κ3) is 1.58. The highest BCUT2D eigenvalue weighted by molar-refractivity contribution is 5.86. The summed E-state index contributed by atoms with van der Waals surface area (Å²) >= 11 is 0. The number of H-pyrrole nitrogens is 1. The van der Waals surface area contributed by atoms with E-state index in [4.69, 9.17) is 5.73 Å². The van der Waals surface area contributed by atoms with E-state index >= 15 is 0 Å². The van der Waals surface area contributed by atoms with Crippen LogP contribution in [0.4, 0.5) is 5.69 Å². The molecule has 2 rings (SSSR count). The molecular formula is C11H15N3. The fourth-order valence-corrected chi connectivity index (χ4v) is 1.59. The zero-order valence-corrected chi connectivity index (χ0v) is 8.54. The van der Waals surface area contributed by atoms with Crippen LogP contribution in [-0.2, 0) is 6.42 Å². The maximum Gasteiger partial charge on any atom is 0.111 e. The molecular weight excluding hydrogens is 174 g/mol. The molecule has 0 unspecified atom stereocenters. The summed E-state index contributed by atoms with van der Waals surface area (Å²) in [6.45, 7) is 4.35. The number of anilines is 1. The number of nitrogens with zero attached hydrogens (tertiary/aromatic N) is 1. The maximum absolute atomic E-state index is 5.82. The molecule has 0 aliphatic heterocycles. The molecule has 0 amide bonds. The molecule has 74 valence electrons. The first-order valence-corrected chi connectivity index (χ1v) is 4.90. The van der Waals surface area contributed by atoms with Crippen molar-refractivity contribution >= 4 is 16.7 Å². The molecule has 0 saturated heterocycles. The molecule has 0 aliphatic rings. The maximum atomic E-state index is 5.82. The molecule has 3 N–H and O–H groups in total. The van der Waals surface area contributed by atoms with Gasteiger partial charge in [-0.2, -0.15) is 0 Å². The fraction of sp³-hybridized carbons (Fsp3) is 0.364. The van der Waals surface area contributed by atoms with Crippen molar-refractivity contribution in [2.24, 2.45) is 5.92 Å². The topological polar surface area (TPSA) is 54.7 Å². The molecule has 1 heterocycles. The Labute approximate surface area is 83.3 Å². The van der Waals surface area contributed by atoms with Gasteiger partial charge in [-0.05, 0) is 18.1 Å². The van der Waals surface area contributed by atoms with Crippen LogP contribution in [-0.4, -0.2) is 9.97 Å². The minimum Gasteiger partial charge on any atom is -0.397 e. The standard InChI is InChI=1S/C11H15N3/c1-7(2)6-10-13-9-5-3-4-8(12)11(9)14-10/h3-5,7H,6,12H2,1-2H3,(H,13,14). The van der Waals surface area contributed by atoms with E-state index < -0.39 is 0 Å². The number of nitrogens with two attached hydrogens (primary N) is 1. The van der Waals surface area contributed by atoms with Crippen molar-refractivity contribution in [3.8, 4) is 0 Å². The summed E-state index contributed by atoms with van der Waals surface area (Å²) < 4.78 is 0. The molecule has 3 heteroatoms. The van der Waals surface area contributed by atoms with Crippen molar-refractivity contribution < 1.29 is 0 Å². The fourth-order valence-electron chi connectivity index (χ4n) is 1.59. The number of hydrogen-bond donors (Lipinski definition) is 2. The van der Waals surface area contributed by atoms with Crippen LogP contribution in [0.1, 0.15) is 19.7 Å². The first-order chi connectivity index (χ1) is 6.66. The van der Waals surface area contributed by atoms with Gasteiger partial charge >= 0.3 is 0 Å². The average Bonchev–Trinajstić information content (AvgIpc) is 2.47. The second-order valence-corrected chi connectivity index (χ2v) is 4.02. The third-order valence-electron chi connectivity index (χ3n) is 2.19. The van der Waals surface area contributed by atoms with E-state index in [1.54, 1.807) is 0 Å². The van der Waals surface area contributed by atoms with Gasteiger partial charge in [-0.25, -0.2) is 4.98 Å². The van der Waals surface area contributed by atoms with E-state index in [0.29, 0.717) is 5.92 Å². The Morgan fingerprint density at radius 3 is 2.86 bits per heavy atom. The lowest BCUT2D eigenvalue weighted by molar-refractivity contribution is 0.627. The van der Waals surface area contributed by atoms with Crippen LogP contribution in [0.3, 0.4) is 0 Å². The molecule has 0 aliphatic carbocycles. The van der Waals surface area contributed by atoms with Gasteiger partial charge in [0.25, 0.3) is 0 Å². The summed E-state index contributed by atoms with van der Waals surface area (Å²) in [5.74, 6) is 1.63. The van der Waals surface area contributed by atoms with Gasteiger partial charge in [-0.1, -0.05) is 19.9 Å². The molecule has 2 aromatic rings. The van der Waals surface area contributed by atoms with Crippen LogP contribution in [0.25, 0.3) is 11.0 Å². The van der Waals surface area contributed by atoms with Crippen LogP contribution in [0.5, 0.6) is 0 Å². The number of para-hydroxylation sites is 1. The Balaban J connectivity index is 2.46. The Bertz CT molecular complexity index is 443. The largest absolute Gasteiger partial charge is 0.397 e. The van der Waals surface area contributed by atoms with Gasteiger partial charge in [0.2, 0.25) is 0 Å². The van der Waals surface area contributed by atoms with Crippen molar-refractivity contribution in [1.82, 2.24) is 9.97 Å². The first kappa shape index (κ1) is 9.06. The summed E-state index contributed by atoms with van der Waals surface area (Å²) in [6.07, 6.45) is 0.966. The van der Waals surface area contributed by atoms with Gasteiger partial charge in [0.1, 0.15) is 11.3 Å². The number of benzene rings is 1. The van der Waals surface area contributed by atoms with Crippen LogP contribution >= 0.6 is 0 Å². The molecule has 0 radical (unpaired) electrons. The average molecular weight is 189 g/mol. The number of nitrogens with one attached hydrogen (secondary N) is 1. The van der Waals surface area contributed by atoms with Crippen molar-refractivity contribution in [3.05, 3.63) is 24.0 Å². The summed E-state index contributed by atoms with van der Waals surface area (Å²) in [6, 6.07) is 5.82. The van der Waals surface area contributed by atoms with E-state index in [0.717, 1.165) is 29.0 Å². The number of hydrogen-bond acceptors (Lipinski definition) is 2. The lowest BCUT2D eigenvalue weighted by atomic mass is 10.1. The molecule has 1 aromatic heterocycles. The molecule has 14 heavy (non-hydrogen) atoms. The second kappa shape index (κ2) is 3.33. The third-order valence-corrected chi connectivity index (χ3v) is 2.19. The highest BCUT2D eigenvalue weighted by Crippen LogP contribution is 2.19. The molecule has 3 nitrogen and oxygen atoms in total. The van der Waals surface area contributed by atoms with Crippen LogP contribution in [0.15, 0.2) is 18.2 Å². The van der Waals surface area contributed by atoms with Crippen molar-refractivity contribution in [3.63, 3.8) is 0 Å². The lowest BCUT2D eigenvalue weighted by Gasteiger charge is -1.98. The van der Waals surface area contributed by atoms with Gasteiger partial charge in [-0.15, -0.1) is 0 Å². The highest BCUT2D eigenvalue weighted by Gasteiger charge is 2.06. The van der Waals surface area contributed by atoms with Gasteiger partial charge in [0, 0.05) is 6.42 Å². The summed E-state index contributed by atoms with van der Waals surface area (Å²) in [5.41, 5.74) is 8.48. The van der Waals surface area contributed by atoms with Gasteiger partial charge in [-0.3, -0.25) is 0 Å². The monoisotopic (exact) mass is 189 g/mol. The van der Waals surface area contributed by atoms with E-state index in [1.165, 1.54) is 0 Å². The summed E-state index contributed by atoms with van der Waals surface area (Å²) in [5, 5.41) is 0.